The van der Waals surface area contributed by atoms with Crippen molar-refractivity contribution in [1.82, 2.24) is 5.32 Å². The van der Waals surface area contributed by atoms with E-state index in [-0.39, 0.29) is 18.0 Å². The van der Waals surface area contributed by atoms with Gasteiger partial charge in [0.05, 0.1) is 6.07 Å². The van der Waals surface area contributed by atoms with Crippen LogP contribution in [0.5, 0.6) is 0 Å². The molecule has 1 fully saturated rings. The van der Waals surface area contributed by atoms with Gasteiger partial charge >= 0.3 is 6.09 Å². The zero-order valence-corrected chi connectivity index (χ0v) is 8.70. The first-order valence-electron chi connectivity index (χ1n) is 5.08. The van der Waals surface area contributed by atoms with Crippen LogP contribution < -0.4 is 5.32 Å². The molecular weight excluding hydrogens is 210 g/mol. The van der Waals surface area contributed by atoms with Crippen LogP contribution in [0.3, 0.4) is 0 Å². The molecule has 86 valence electrons. The lowest BCUT2D eigenvalue weighted by Crippen LogP contribution is -2.44. The monoisotopic (exact) mass is 223 g/mol. The fraction of sp³-hybridized carbons (Fsp3) is 0.778. The maximum Gasteiger partial charge on any atom is 0.404 e. The molecule has 0 bridgehead atoms. The van der Waals surface area contributed by atoms with Crippen LogP contribution in [-0.2, 0) is 0 Å². The van der Waals surface area contributed by atoms with Gasteiger partial charge in [0.2, 0.25) is 0 Å². The molecule has 16 heavy (non-hydrogen) atoms. The van der Waals surface area contributed by atoms with Crippen molar-refractivity contribution in [3.05, 3.63) is 10.4 Å². The number of nitrogens with zero attached hydrogens (tertiary/aromatic N) is 4. The summed E-state index contributed by atoms with van der Waals surface area (Å²) in [5, 5.41) is 23.3. The van der Waals surface area contributed by atoms with Gasteiger partial charge < -0.3 is 10.4 Å². The van der Waals surface area contributed by atoms with E-state index in [1.807, 2.05) is 0 Å². The van der Waals surface area contributed by atoms with Crippen LogP contribution in [0.15, 0.2) is 5.11 Å². The van der Waals surface area contributed by atoms with E-state index in [4.69, 9.17) is 15.9 Å². The maximum atomic E-state index is 10.6. The summed E-state index contributed by atoms with van der Waals surface area (Å²) in [5.41, 5.74) is 8.33. The molecule has 2 N–H and O–H groups in total. The summed E-state index contributed by atoms with van der Waals surface area (Å²) < 4.78 is 0. The molecule has 1 saturated carbocycles. The minimum atomic E-state index is -1.10. The summed E-state index contributed by atoms with van der Waals surface area (Å²) in [5.74, 6) is 0.0197. The van der Waals surface area contributed by atoms with Crippen LogP contribution >= 0.6 is 0 Å². The minimum absolute atomic E-state index is 0.0197. The van der Waals surface area contributed by atoms with Crippen molar-refractivity contribution in [2.24, 2.45) is 11.0 Å². The number of nitriles is 1. The standard InChI is InChI=1S/C9H13N5O2/c10-4-3-6-1-2-7(13-14-11)5-8(6)12-9(15)16/h6-8,12H,1-3,5H2,(H,15,16)/t6-,7+,8-/m1/s1. The van der Waals surface area contributed by atoms with Crippen LogP contribution in [-0.4, -0.2) is 23.3 Å². The van der Waals surface area contributed by atoms with Crippen molar-refractivity contribution in [1.29, 1.82) is 5.26 Å². The van der Waals surface area contributed by atoms with Gasteiger partial charge in [-0.05, 0) is 30.7 Å². The smallest absolute Gasteiger partial charge is 0.404 e. The van der Waals surface area contributed by atoms with Gasteiger partial charge in [0.1, 0.15) is 0 Å². The Balaban J connectivity index is 2.65. The zero-order chi connectivity index (χ0) is 12.0. The Morgan fingerprint density at radius 3 is 3.00 bits per heavy atom. The Kier molecular flexibility index (Phi) is 4.42. The Morgan fingerprint density at radius 2 is 2.44 bits per heavy atom. The highest BCUT2D eigenvalue weighted by Crippen LogP contribution is 2.29. The molecule has 0 spiro atoms. The highest BCUT2D eigenvalue weighted by molar-refractivity contribution is 5.64. The van der Waals surface area contributed by atoms with Crippen molar-refractivity contribution in [3.63, 3.8) is 0 Å². The molecule has 0 heterocycles. The van der Waals surface area contributed by atoms with Crippen LogP contribution in [0.1, 0.15) is 25.7 Å². The van der Waals surface area contributed by atoms with Gasteiger partial charge in [-0.25, -0.2) is 4.79 Å². The summed E-state index contributed by atoms with van der Waals surface area (Å²) in [7, 11) is 0. The second kappa shape index (κ2) is 5.83. The predicted molar refractivity (Wildman–Crippen MR) is 55.5 cm³/mol. The van der Waals surface area contributed by atoms with Crippen LogP contribution in [0, 0.1) is 17.2 Å². The van der Waals surface area contributed by atoms with Gasteiger partial charge in [0.25, 0.3) is 0 Å². The van der Waals surface area contributed by atoms with Crippen molar-refractivity contribution in [2.45, 2.75) is 37.8 Å². The van der Waals surface area contributed by atoms with Crippen LogP contribution in [0.25, 0.3) is 10.4 Å². The van der Waals surface area contributed by atoms with Crippen molar-refractivity contribution in [2.75, 3.05) is 0 Å². The molecule has 0 radical (unpaired) electrons. The molecule has 1 rings (SSSR count). The Labute approximate surface area is 92.7 Å². The third kappa shape index (κ3) is 3.33. The van der Waals surface area contributed by atoms with E-state index in [1.54, 1.807) is 0 Å². The van der Waals surface area contributed by atoms with Gasteiger partial charge in [0, 0.05) is 23.4 Å². The lowest BCUT2D eigenvalue weighted by atomic mass is 9.80. The first-order valence-corrected chi connectivity index (χ1v) is 5.08. The molecule has 7 heteroatoms. The Morgan fingerprint density at radius 1 is 1.69 bits per heavy atom. The Bertz CT molecular complexity index is 344. The molecule has 0 aromatic rings. The predicted octanol–water partition coefficient (Wildman–Crippen LogP) is 2.02. The molecular formula is C9H13N5O2. The third-order valence-electron chi connectivity index (χ3n) is 2.84. The largest absolute Gasteiger partial charge is 0.465 e. The molecule has 0 saturated heterocycles. The third-order valence-corrected chi connectivity index (χ3v) is 2.84. The summed E-state index contributed by atoms with van der Waals surface area (Å²) in [6.45, 7) is 0. The Hall–Kier alpha value is -1.93. The van der Waals surface area contributed by atoms with Gasteiger partial charge in [-0.3, -0.25) is 0 Å². The van der Waals surface area contributed by atoms with E-state index in [0.29, 0.717) is 25.7 Å². The van der Waals surface area contributed by atoms with Crippen LogP contribution in [0.2, 0.25) is 0 Å². The van der Waals surface area contributed by atoms with Gasteiger partial charge in [-0.1, -0.05) is 5.11 Å². The van der Waals surface area contributed by atoms with Crippen molar-refractivity contribution in [3.8, 4) is 6.07 Å². The molecule has 0 aromatic carbocycles. The normalized spacial score (nSPS) is 28.6. The molecule has 1 amide bonds. The lowest BCUT2D eigenvalue weighted by molar-refractivity contribution is 0.172. The topological polar surface area (TPSA) is 122 Å². The fourth-order valence-electron chi connectivity index (χ4n) is 2.09. The second-order valence-corrected chi connectivity index (χ2v) is 3.85. The summed E-state index contributed by atoms with van der Waals surface area (Å²) >= 11 is 0. The molecule has 0 aliphatic heterocycles. The zero-order valence-electron chi connectivity index (χ0n) is 8.70. The molecule has 3 atom stereocenters. The van der Waals surface area contributed by atoms with E-state index in [0.717, 1.165) is 0 Å². The molecule has 0 aromatic heterocycles. The average molecular weight is 223 g/mol. The molecule has 1 aliphatic rings. The highest BCUT2D eigenvalue weighted by Gasteiger charge is 2.30. The number of amides is 1. The van der Waals surface area contributed by atoms with Crippen LogP contribution in [0.4, 0.5) is 4.79 Å². The minimum Gasteiger partial charge on any atom is -0.465 e. The van der Waals surface area contributed by atoms with E-state index < -0.39 is 6.09 Å². The highest BCUT2D eigenvalue weighted by atomic mass is 16.4. The molecule has 7 nitrogen and oxygen atoms in total. The second-order valence-electron chi connectivity index (χ2n) is 3.85. The first kappa shape index (κ1) is 12.1. The summed E-state index contributed by atoms with van der Waals surface area (Å²) in [6, 6.07) is 1.59. The first-order chi connectivity index (χ1) is 7.67. The molecule has 0 unspecified atom stereocenters. The number of carboxylic acid groups (broad SMARTS) is 1. The number of hydrogen-bond donors (Lipinski definition) is 2. The number of azide groups is 1. The SMILES string of the molecule is N#CC[C@H]1CC[C@H](N=[N+]=[N-])C[C@H]1NC(=O)O. The quantitative estimate of drug-likeness (QED) is 0.432. The van der Waals surface area contributed by atoms with Crippen molar-refractivity contribution >= 4 is 6.09 Å². The fourth-order valence-corrected chi connectivity index (χ4v) is 2.09. The van der Waals surface area contributed by atoms with Gasteiger partial charge in [0.15, 0.2) is 0 Å². The number of carbonyl (C=O) groups is 1. The van der Waals surface area contributed by atoms with E-state index >= 15 is 0 Å². The number of hydrogen-bond acceptors (Lipinski definition) is 3. The van der Waals surface area contributed by atoms with Gasteiger partial charge in [-0.15, -0.1) is 0 Å². The van der Waals surface area contributed by atoms with E-state index in [2.05, 4.69) is 21.4 Å². The van der Waals surface area contributed by atoms with E-state index in [9.17, 15) is 4.79 Å². The summed E-state index contributed by atoms with van der Waals surface area (Å²) in [6.07, 6.45) is 1.13. The van der Waals surface area contributed by atoms with E-state index in [1.165, 1.54) is 0 Å². The van der Waals surface area contributed by atoms with Gasteiger partial charge in [-0.2, -0.15) is 5.26 Å². The lowest BCUT2D eigenvalue weighted by Gasteiger charge is -2.32. The average Bonchev–Trinajstić information content (AvgIpc) is 2.22. The summed E-state index contributed by atoms with van der Waals surface area (Å²) in [4.78, 5) is 13.3. The number of nitrogens with one attached hydrogen (secondary N) is 1. The molecule has 1 aliphatic carbocycles. The maximum absolute atomic E-state index is 10.6. The number of rotatable bonds is 3. The van der Waals surface area contributed by atoms with Crippen molar-refractivity contribution < 1.29 is 9.90 Å².